The van der Waals surface area contributed by atoms with Gasteiger partial charge in [-0.3, -0.25) is 0 Å². The molecule has 0 aromatic heterocycles. The third-order valence-electron chi connectivity index (χ3n) is 2.33. The minimum absolute atomic E-state index is 0. The van der Waals surface area contributed by atoms with E-state index >= 15 is 0 Å². The topological polar surface area (TPSA) is 23.1 Å². The molecule has 0 spiro atoms. The van der Waals surface area contributed by atoms with E-state index in [0.717, 1.165) is 18.4 Å². The van der Waals surface area contributed by atoms with Crippen LogP contribution in [0.2, 0.25) is 0 Å². The first-order valence-electron chi connectivity index (χ1n) is 4.30. The minimum atomic E-state index is 0. The van der Waals surface area contributed by atoms with E-state index in [-0.39, 0.29) is 35.3 Å². The molecule has 1 nitrogen and oxygen atoms in total. The predicted octanol–water partition coefficient (Wildman–Crippen LogP) is -0.802. The van der Waals surface area contributed by atoms with Crippen molar-refractivity contribution in [2.24, 2.45) is 0 Å². The van der Waals surface area contributed by atoms with Gasteiger partial charge in [-0.2, -0.15) is 0 Å². The van der Waals surface area contributed by atoms with Crippen LogP contribution in [0.25, 0.3) is 0 Å². The van der Waals surface area contributed by atoms with Crippen molar-refractivity contribution in [3.8, 4) is 5.75 Å². The molecule has 0 fully saturated rings. The van der Waals surface area contributed by atoms with Crippen LogP contribution >= 0.6 is 0 Å². The van der Waals surface area contributed by atoms with Gasteiger partial charge in [0.25, 0.3) is 0 Å². The van der Waals surface area contributed by atoms with Crippen molar-refractivity contribution in [3.05, 3.63) is 42.0 Å². The van der Waals surface area contributed by atoms with E-state index in [1.807, 2.05) is 12.1 Å². The summed E-state index contributed by atoms with van der Waals surface area (Å²) in [5.74, 6) is 0.549. The van der Waals surface area contributed by atoms with E-state index < -0.39 is 0 Å². The number of rotatable bonds is 1. The molecule has 2 rings (SSSR count). The third-order valence-corrected chi connectivity index (χ3v) is 2.33. The first-order chi connectivity index (χ1) is 5.88. The van der Waals surface area contributed by atoms with E-state index in [4.69, 9.17) is 0 Å². The summed E-state index contributed by atoms with van der Waals surface area (Å²) in [4.78, 5) is 0. The smallest absolute Gasteiger partial charge is 0.872 e. The van der Waals surface area contributed by atoms with Gasteiger partial charge in [-0.25, -0.2) is 0 Å². The van der Waals surface area contributed by atoms with Crippen LogP contribution in [-0.2, 0) is 0 Å². The fourth-order valence-electron chi connectivity index (χ4n) is 1.68. The number of para-hydroxylation sites is 1. The second kappa shape index (κ2) is 4.85. The minimum Gasteiger partial charge on any atom is -0.872 e. The van der Waals surface area contributed by atoms with Crippen molar-refractivity contribution in [1.82, 2.24) is 0 Å². The second-order valence-corrected chi connectivity index (χ2v) is 3.15. The van der Waals surface area contributed by atoms with E-state index in [1.165, 1.54) is 0 Å². The van der Waals surface area contributed by atoms with Crippen LogP contribution in [0.4, 0.5) is 0 Å². The van der Waals surface area contributed by atoms with Crippen LogP contribution in [0, 0.1) is 0 Å². The molecule has 1 aliphatic carbocycles. The predicted molar refractivity (Wildman–Crippen MR) is 47.0 cm³/mol. The number of hydrogen-bond acceptors (Lipinski definition) is 1. The average molecular weight is 182 g/mol. The van der Waals surface area contributed by atoms with E-state index in [1.54, 1.807) is 12.1 Å². The fraction of sp³-hybridized carbons (Fsp3) is 0.273. The number of benzene rings is 1. The van der Waals surface area contributed by atoms with Gasteiger partial charge in [0.15, 0.2) is 0 Å². The quantitative estimate of drug-likeness (QED) is 0.412. The average Bonchev–Trinajstić information content (AvgIpc) is 2.57. The second-order valence-electron chi connectivity index (χ2n) is 3.15. The summed E-state index contributed by atoms with van der Waals surface area (Å²) in [7, 11) is 0. The Bertz CT molecular complexity index is 307. The standard InChI is InChI=1S/C11H12O.Na/c12-11-8-4-3-7-10(11)9-5-1-2-6-9;/h1,3-5,7-9,12H,2,6H2;/q;+1/p-1. The Morgan fingerprint density at radius 1 is 1.23 bits per heavy atom. The molecule has 1 unspecified atom stereocenters. The molecule has 13 heavy (non-hydrogen) atoms. The molecule has 1 aromatic carbocycles. The molecule has 1 aromatic rings. The molecule has 0 amide bonds. The molecule has 1 atom stereocenters. The van der Waals surface area contributed by atoms with E-state index in [0.29, 0.717) is 5.92 Å². The molecule has 0 bridgehead atoms. The zero-order valence-corrected chi connectivity index (χ0v) is 9.86. The Morgan fingerprint density at radius 2 is 2.00 bits per heavy atom. The Balaban J connectivity index is 0.000000845. The van der Waals surface area contributed by atoms with Crippen molar-refractivity contribution in [2.45, 2.75) is 18.8 Å². The molecule has 0 aliphatic heterocycles. The van der Waals surface area contributed by atoms with Gasteiger partial charge >= 0.3 is 29.6 Å². The summed E-state index contributed by atoms with van der Waals surface area (Å²) in [6.45, 7) is 0. The summed E-state index contributed by atoms with van der Waals surface area (Å²) >= 11 is 0. The van der Waals surface area contributed by atoms with E-state index in [2.05, 4.69) is 12.2 Å². The maximum atomic E-state index is 11.4. The maximum Gasteiger partial charge on any atom is 1.00 e. The van der Waals surface area contributed by atoms with Gasteiger partial charge in [-0.1, -0.05) is 36.4 Å². The SMILES string of the molecule is [Na+].[O-]c1ccccc1C1C=CCC1. The van der Waals surface area contributed by atoms with Crippen LogP contribution in [0.1, 0.15) is 24.3 Å². The Morgan fingerprint density at radius 3 is 2.62 bits per heavy atom. The molecular formula is C11H11NaO. The van der Waals surface area contributed by atoms with Gasteiger partial charge in [0.05, 0.1) is 0 Å². The molecule has 0 saturated carbocycles. The monoisotopic (exact) mass is 182 g/mol. The summed E-state index contributed by atoms with van der Waals surface area (Å²) in [5, 5.41) is 11.4. The normalized spacial score (nSPS) is 19.8. The van der Waals surface area contributed by atoms with Gasteiger partial charge in [0, 0.05) is 5.92 Å². The third kappa shape index (κ3) is 2.37. The Kier molecular flexibility index (Phi) is 4.04. The van der Waals surface area contributed by atoms with Gasteiger partial charge in [-0.05, 0) is 18.4 Å². The molecule has 1 aliphatic rings. The van der Waals surface area contributed by atoms with Crippen LogP contribution in [0.5, 0.6) is 5.75 Å². The fourth-order valence-corrected chi connectivity index (χ4v) is 1.68. The molecule has 0 radical (unpaired) electrons. The summed E-state index contributed by atoms with van der Waals surface area (Å²) < 4.78 is 0. The molecule has 62 valence electrons. The Labute approximate surface area is 101 Å². The van der Waals surface area contributed by atoms with Gasteiger partial charge in [-0.15, -0.1) is 5.75 Å². The summed E-state index contributed by atoms with van der Waals surface area (Å²) in [6.07, 6.45) is 6.49. The first kappa shape index (κ1) is 10.8. The summed E-state index contributed by atoms with van der Waals surface area (Å²) in [5.41, 5.74) is 0.950. The van der Waals surface area contributed by atoms with Crippen molar-refractivity contribution in [1.29, 1.82) is 0 Å². The number of allylic oxidation sites excluding steroid dienone is 2. The molecule has 0 saturated heterocycles. The maximum absolute atomic E-state index is 11.4. The van der Waals surface area contributed by atoms with Crippen LogP contribution in [-0.4, -0.2) is 0 Å². The Hall–Kier alpha value is -0.240. The van der Waals surface area contributed by atoms with Crippen molar-refractivity contribution in [3.63, 3.8) is 0 Å². The zero-order chi connectivity index (χ0) is 8.39. The van der Waals surface area contributed by atoms with Gasteiger partial charge in [0.1, 0.15) is 0 Å². The van der Waals surface area contributed by atoms with Crippen LogP contribution in [0.15, 0.2) is 36.4 Å². The van der Waals surface area contributed by atoms with Crippen molar-refractivity contribution >= 4 is 0 Å². The summed E-state index contributed by atoms with van der Waals surface area (Å²) in [6, 6.07) is 7.30. The molecular weight excluding hydrogens is 171 g/mol. The number of hydrogen-bond donors (Lipinski definition) is 0. The van der Waals surface area contributed by atoms with Gasteiger partial charge in [0.2, 0.25) is 0 Å². The van der Waals surface area contributed by atoms with Crippen molar-refractivity contribution in [2.75, 3.05) is 0 Å². The van der Waals surface area contributed by atoms with Crippen LogP contribution < -0.4 is 34.7 Å². The largest absolute Gasteiger partial charge is 1.00 e. The van der Waals surface area contributed by atoms with Crippen LogP contribution in [0.3, 0.4) is 0 Å². The van der Waals surface area contributed by atoms with Crippen molar-refractivity contribution < 1.29 is 34.7 Å². The molecule has 0 heterocycles. The van der Waals surface area contributed by atoms with Gasteiger partial charge < -0.3 is 5.11 Å². The van der Waals surface area contributed by atoms with E-state index in [9.17, 15) is 5.11 Å². The first-order valence-corrected chi connectivity index (χ1v) is 4.30. The zero-order valence-electron chi connectivity index (χ0n) is 7.86. The molecule has 0 N–H and O–H groups in total. The molecule has 2 heteroatoms.